The molecule has 0 atom stereocenters. The minimum atomic E-state index is -0.369. The van der Waals surface area contributed by atoms with E-state index in [9.17, 15) is 5.11 Å². The van der Waals surface area contributed by atoms with Gasteiger partial charge in [0.15, 0.2) is 0 Å². The summed E-state index contributed by atoms with van der Waals surface area (Å²) in [5.41, 5.74) is -0.369. The van der Waals surface area contributed by atoms with Crippen molar-refractivity contribution in [3.8, 4) is 0 Å². The topological polar surface area (TPSA) is 20.2 Å². The van der Waals surface area contributed by atoms with Crippen LogP contribution in [0.15, 0.2) is 0 Å². The molecule has 0 radical (unpaired) electrons. The molecule has 0 aliphatic rings. The first-order valence-electron chi connectivity index (χ1n) is 15.9. The SMILES string of the molecule is CCCCCCCCCCCC(O)(CCCCCCCCCC)CCCCCCCCCC. The highest BCUT2D eigenvalue weighted by Crippen LogP contribution is 2.29. The predicted molar refractivity (Wildman–Crippen MR) is 151 cm³/mol. The predicted octanol–water partition coefficient (Wildman–Crippen LogP) is 11.7. The van der Waals surface area contributed by atoms with E-state index >= 15 is 0 Å². The van der Waals surface area contributed by atoms with Crippen molar-refractivity contribution in [2.75, 3.05) is 0 Å². The maximum atomic E-state index is 11.5. The van der Waals surface area contributed by atoms with E-state index in [4.69, 9.17) is 0 Å². The molecule has 0 aromatic rings. The first-order chi connectivity index (χ1) is 16.2. The maximum Gasteiger partial charge on any atom is 0.0647 e. The van der Waals surface area contributed by atoms with E-state index in [1.54, 1.807) is 0 Å². The van der Waals surface area contributed by atoms with Gasteiger partial charge in [0.25, 0.3) is 0 Å². The van der Waals surface area contributed by atoms with Crippen LogP contribution < -0.4 is 0 Å². The Balaban J connectivity index is 4.04. The Morgan fingerprint density at radius 1 is 0.303 bits per heavy atom. The molecular weight excluding hydrogens is 400 g/mol. The van der Waals surface area contributed by atoms with E-state index < -0.39 is 0 Å². The van der Waals surface area contributed by atoms with Crippen LogP contribution in [0.2, 0.25) is 0 Å². The fourth-order valence-corrected chi connectivity index (χ4v) is 5.32. The van der Waals surface area contributed by atoms with Crippen LogP contribution in [0.4, 0.5) is 0 Å². The average molecular weight is 467 g/mol. The van der Waals surface area contributed by atoms with Gasteiger partial charge in [0.05, 0.1) is 5.60 Å². The third-order valence-electron chi connectivity index (χ3n) is 7.74. The van der Waals surface area contributed by atoms with Gasteiger partial charge < -0.3 is 5.11 Å². The summed E-state index contributed by atoms with van der Waals surface area (Å²) in [5.74, 6) is 0. The van der Waals surface area contributed by atoms with Crippen LogP contribution in [0.5, 0.6) is 0 Å². The third kappa shape index (κ3) is 24.9. The molecule has 1 nitrogen and oxygen atoms in total. The Kier molecular flexibility index (Phi) is 26.5. The van der Waals surface area contributed by atoms with Crippen LogP contribution >= 0.6 is 0 Å². The van der Waals surface area contributed by atoms with Gasteiger partial charge in [0.2, 0.25) is 0 Å². The van der Waals surface area contributed by atoms with Gasteiger partial charge >= 0.3 is 0 Å². The molecule has 0 aromatic heterocycles. The summed E-state index contributed by atoms with van der Waals surface area (Å²) in [5, 5.41) is 11.5. The molecule has 33 heavy (non-hydrogen) atoms. The van der Waals surface area contributed by atoms with Gasteiger partial charge in [0, 0.05) is 0 Å². The van der Waals surface area contributed by atoms with E-state index in [-0.39, 0.29) is 5.60 Å². The molecule has 0 spiro atoms. The van der Waals surface area contributed by atoms with E-state index in [2.05, 4.69) is 20.8 Å². The molecule has 0 bridgehead atoms. The van der Waals surface area contributed by atoms with Crippen molar-refractivity contribution in [1.82, 2.24) is 0 Å². The summed E-state index contributed by atoms with van der Waals surface area (Å²) in [6.45, 7) is 6.88. The molecule has 0 aromatic carbocycles. The van der Waals surface area contributed by atoms with Crippen molar-refractivity contribution < 1.29 is 5.11 Å². The van der Waals surface area contributed by atoms with Crippen LogP contribution in [-0.4, -0.2) is 10.7 Å². The summed E-state index contributed by atoms with van der Waals surface area (Å²) in [7, 11) is 0. The summed E-state index contributed by atoms with van der Waals surface area (Å²) < 4.78 is 0. The van der Waals surface area contributed by atoms with Crippen LogP contribution in [0.1, 0.15) is 201 Å². The molecular formula is C32H66O. The van der Waals surface area contributed by atoms with Crippen molar-refractivity contribution in [2.24, 2.45) is 0 Å². The summed E-state index contributed by atoms with van der Waals surface area (Å²) in [6, 6.07) is 0. The second kappa shape index (κ2) is 26.6. The van der Waals surface area contributed by atoms with Crippen molar-refractivity contribution in [3.05, 3.63) is 0 Å². The zero-order valence-corrected chi connectivity index (χ0v) is 23.7. The Labute approximate surface area is 211 Å². The number of hydrogen-bond acceptors (Lipinski definition) is 1. The molecule has 0 saturated carbocycles. The summed E-state index contributed by atoms with van der Waals surface area (Å²) in [4.78, 5) is 0. The van der Waals surface area contributed by atoms with Crippen molar-refractivity contribution in [3.63, 3.8) is 0 Å². The first kappa shape index (κ1) is 33.0. The standard InChI is InChI=1S/C32H66O/c1-4-7-10-13-16-19-22-25-28-31-32(33,29-26-23-20-17-14-11-8-5-2)30-27-24-21-18-15-12-9-6-3/h33H,4-31H2,1-3H3. The van der Waals surface area contributed by atoms with Crippen LogP contribution in [0.25, 0.3) is 0 Å². The highest BCUT2D eigenvalue weighted by molar-refractivity contribution is 4.78. The molecule has 0 fully saturated rings. The van der Waals surface area contributed by atoms with E-state index in [1.165, 1.54) is 161 Å². The monoisotopic (exact) mass is 467 g/mol. The Bertz CT molecular complexity index is 330. The first-order valence-corrected chi connectivity index (χ1v) is 15.9. The van der Waals surface area contributed by atoms with Gasteiger partial charge in [0.1, 0.15) is 0 Å². The van der Waals surface area contributed by atoms with Crippen molar-refractivity contribution in [1.29, 1.82) is 0 Å². The molecule has 0 aliphatic heterocycles. The minimum absolute atomic E-state index is 0.369. The van der Waals surface area contributed by atoms with E-state index in [0.717, 1.165) is 19.3 Å². The van der Waals surface area contributed by atoms with Gasteiger partial charge in [-0.3, -0.25) is 0 Å². The van der Waals surface area contributed by atoms with Crippen molar-refractivity contribution >= 4 is 0 Å². The lowest BCUT2D eigenvalue weighted by atomic mass is 9.85. The summed E-state index contributed by atoms with van der Waals surface area (Å²) in [6.07, 6.45) is 37.3. The smallest absolute Gasteiger partial charge is 0.0647 e. The fourth-order valence-electron chi connectivity index (χ4n) is 5.32. The molecule has 200 valence electrons. The number of rotatable bonds is 28. The Morgan fingerprint density at radius 3 is 0.697 bits per heavy atom. The van der Waals surface area contributed by atoms with Gasteiger partial charge in [-0.25, -0.2) is 0 Å². The van der Waals surface area contributed by atoms with Gasteiger partial charge in [-0.05, 0) is 19.3 Å². The highest BCUT2D eigenvalue weighted by atomic mass is 16.3. The lowest BCUT2D eigenvalue weighted by molar-refractivity contribution is 0.00704. The summed E-state index contributed by atoms with van der Waals surface area (Å²) >= 11 is 0. The number of unbranched alkanes of at least 4 members (excludes halogenated alkanes) is 22. The quantitative estimate of drug-likeness (QED) is 0.114. The van der Waals surface area contributed by atoms with Crippen LogP contribution in [0, 0.1) is 0 Å². The molecule has 0 saturated heterocycles. The van der Waals surface area contributed by atoms with Crippen LogP contribution in [0.3, 0.4) is 0 Å². The lowest BCUT2D eigenvalue weighted by Crippen LogP contribution is -2.28. The third-order valence-corrected chi connectivity index (χ3v) is 7.74. The molecule has 1 N–H and O–H groups in total. The van der Waals surface area contributed by atoms with E-state index in [1.807, 2.05) is 0 Å². The average Bonchev–Trinajstić information content (AvgIpc) is 2.81. The minimum Gasteiger partial charge on any atom is -0.390 e. The van der Waals surface area contributed by atoms with Gasteiger partial charge in [-0.15, -0.1) is 0 Å². The second-order valence-electron chi connectivity index (χ2n) is 11.3. The van der Waals surface area contributed by atoms with Crippen LogP contribution in [-0.2, 0) is 0 Å². The zero-order chi connectivity index (χ0) is 24.3. The molecule has 0 heterocycles. The Morgan fingerprint density at radius 2 is 0.485 bits per heavy atom. The molecule has 0 unspecified atom stereocenters. The normalized spacial score (nSPS) is 12.0. The van der Waals surface area contributed by atoms with Gasteiger partial charge in [-0.1, -0.05) is 181 Å². The zero-order valence-electron chi connectivity index (χ0n) is 23.7. The largest absolute Gasteiger partial charge is 0.390 e. The Hall–Kier alpha value is -0.0400. The highest BCUT2D eigenvalue weighted by Gasteiger charge is 2.25. The lowest BCUT2D eigenvalue weighted by Gasteiger charge is -2.29. The molecule has 0 aliphatic carbocycles. The molecule has 0 rings (SSSR count). The van der Waals surface area contributed by atoms with E-state index in [0.29, 0.717) is 0 Å². The number of aliphatic hydroxyl groups is 1. The number of hydrogen-bond donors (Lipinski definition) is 1. The maximum absolute atomic E-state index is 11.5. The molecule has 1 heteroatoms. The second-order valence-corrected chi connectivity index (χ2v) is 11.3. The fraction of sp³-hybridized carbons (Fsp3) is 1.00. The van der Waals surface area contributed by atoms with Crippen molar-refractivity contribution in [2.45, 2.75) is 206 Å². The molecule has 0 amide bonds. The van der Waals surface area contributed by atoms with Gasteiger partial charge in [-0.2, -0.15) is 0 Å².